The average molecular weight is 247 g/mol. The molecule has 2 unspecified atom stereocenters. The molecule has 0 amide bonds. The van der Waals surface area contributed by atoms with Crippen molar-refractivity contribution in [2.75, 3.05) is 19.6 Å². The standard InChI is InChI=1S/C16H25NO/c1-4-14-7-8-17(10-14)11-16(18)15-6-5-12(2)9-13(15)3/h5-6,9,14,16,18H,4,7-8,10-11H2,1-3H3. The van der Waals surface area contributed by atoms with Crippen LogP contribution in [0.2, 0.25) is 0 Å². The number of β-amino-alcohol motifs (C(OH)–C–C–N with tert-alkyl or cyclic N) is 1. The van der Waals surface area contributed by atoms with Crippen molar-refractivity contribution < 1.29 is 5.11 Å². The van der Waals surface area contributed by atoms with Gasteiger partial charge in [-0.1, -0.05) is 37.1 Å². The molecule has 0 spiro atoms. The summed E-state index contributed by atoms with van der Waals surface area (Å²) in [5, 5.41) is 10.4. The van der Waals surface area contributed by atoms with Gasteiger partial charge in [-0.25, -0.2) is 0 Å². The van der Waals surface area contributed by atoms with Crippen LogP contribution in [0.4, 0.5) is 0 Å². The van der Waals surface area contributed by atoms with Crippen molar-refractivity contribution in [2.24, 2.45) is 5.92 Å². The SMILES string of the molecule is CCC1CCN(CC(O)c2ccc(C)cc2C)C1. The van der Waals surface area contributed by atoms with E-state index in [1.165, 1.54) is 24.0 Å². The molecule has 1 aromatic rings. The summed E-state index contributed by atoms with van der Waals surface area (Å²) in [5.74, 6) is 0.830. The first-order chi connectivity index (χ1) is 8.60. The van der Waals surface area contributed by atoms with Crippen molar-refractivity contribution in [1.29, 1.82) is 0 Å². The molecule has 0 radical (unpaired) electrons. The fourth-order valence-electron chi connectivity index (χ4n) is 2.95. The molecule has 1 fully saturated rings. The van der Waals surface area contributed by atoms with Crippen LogP contribution in [0.15, 0.2) is 18.2 Å². The molecular weight excluding hydrogens is 222 g/mol. The lowest BCUT2D eigenvalue weighted by Gasteiger charge is -2.21. The molecule has 2 atom stereocenters. The third-order valence-electron chi connectivity index (χ3n) is 4.16. The summed E-state index contributed by atoms with van der Waals surface area (Å²) >= 11 is 0. The van der Waals surface area contributed by atoms with Gasteiger partial charge in [0.2, 0.25) is 0 Å². The Morgan fingerprint density at radius 3 is 2.78 bits per heavy atom. The second-order valence-corrected chi connectivity index (χ2v) is 5.70. The summed E-state index contributed by atoms with van der Waals surface area (Å²) in [4.78, 5) is 2.40. The Kier molecular flexibility index (Phi) is 4.41. The van der Waals surface area contributed by atoms with Gasteiger partial charge in [-0.15, -0.1) is 0 Å². The van der Waals surface area contributed by atoms with Crippen LogP contribution in [0.3, 0.4) is 0 Å². The van der Waals surface area contributed by atoms with E-state index < -0.39 is 0 Å². The minimum Gasteiger partial charge on any atom is -0.387 e. The van der Waals surface area contributed by atoms with Crippen LogP contribution in [-0.2, 0) is 0 Å². The van der Waals surface area contributed by atoms with Crippen LogP contribution in [-0.4, -0.2) is 29.6 Å². The van der Waals surface area contributed by atoms with Gasteiger partial charge in [-0.2, -0.15) is 0 Å². The number of benzene rings is 1. The summed E-state index contributed by atoms with van der Waals surface area (Å²) in [6, 6.07) is 6.31. The fourth-order valence-corrected chi connectivity index (χ4v) is 2.95. The van der Waals surface area contributed by atoms with E-state index in [2.05, 4.69) is 43.9 Å². The maximum Gasteiger partial charge on any atom is 0.0919 e. The van der Waals surface area contributed by atoms with Gasteiger partial charge >= 0.3 is 0 Å². The third kappa shape index (κ3) is 3.12. The van der Waals surface area contributed by atoms with Gasteiger partial charge in [0, 0.05) is 13.1 Å². The molecule has 2 nitrogen and oxygen atoms in total. The minimum atomic E-state index is -0.346. The summed E-state index contributed by atoms with van der Waals surface area (Å²) in [5.41, 5.74) is 3.55. The van der Waals surface area contributed by atoms with Gasteiger partial charge in [0.15, 0.2) is 0 Å². The van der Waals surface area contributed by atoms with Gasteiger partial charge < -0.3 is 10.0 Å². The molecule has 1 aromatic carbocycles. The Morgan fingerprint density at radius 1 is 1.39 bits per heavy atom. The molecule has 1 heterocycles. The number of aryl methyl sites for hydroxylation is 2. The molecule has 0 bridgehead atoms. The van der Waals surface area contributed by atoms with Crippen molar-refractivity contribution in [3.8, 4) is 0 Å². The predicted octanol–water partition coefficient (Wildman–Crippen LogP) is 3.07. The molecule has 0 aliphatic carbocycles. The molecule has 1 aliphatic heterocycles. The molecule has 1 saturated heterocycles. The third-order valence-corrected chi connectivity index (χ3v) is 4.16. The van der Waals surface area contributed by atoms with Crippen LogP contribution in [0, 0.1) is 19.8 Å². The average Bonchev–Trinajstić information content (AvgIpc) is 2.76. The first kappa shape index (κ1) is 13.6. The highest BCUT2D eigenvalue weighted by Gasteiger charge is 2.23. The van der Waals surface area contributed by atoms with Crippen LogP contribution in [0.25, 0.3) is 0 Å². The zero-order valence-corrected chi connectivity index (χ0v) is 11.8. The van der Waals surface area contributed by atoms with Crippen LogP contribution in [0.5, 0.6) is 0 Å². The molecule has 18 heavy (non-hydrogen) atoms. The molecule has 2 rings (SSSR count). The van der Waals surface area contributed by atoms with Crippen molar-refractivity contribution in [3.05, 3.63) is 34.9 Å². The Bertz CT molecular complexity index is 402. The maximum absolute atomic E-state index is 10.4. The lowest BCUT2D eigenvalue weighted by atomic mass is 10.0. The zero-order valence-electron chi connectivity index (χ0n) is 11.8. The van der Waals surface area contributed by atoms with Gasteiger partial charge in [0.25, 0.3) is 0 Å². The van der Waals surface area contributed by atoms with Gasteiger partial charge in [-0.05, 0) is 43.9 Å². The van der Waals surface area contributed by atoms with E-state index in [1.54, 1.807) is 0 Å². The topological polar surface area (TPSA) is 23.5 Å². The highest BCUT2D eigenvalue weighted by Crippen LogP contribution is 2.24. The van der Waals surface area contributed by atoms with E-state index in [1.807, 2.05) is 0 Å². The quantitative estimate of drug-likeness (QED) is 0.884. The Labute approximate surface area is 111 Å². The molecule has 0 aromatic heterocycles. The maximum atomic E-state index is 10.4. The Morgan fingerprint density at radius 2 is 2.17 bits per heavy atom. The molecular formula is C16H25NO. The lowest BCUT2D eigenvalue weighted by Crippen LogP contribution is -2.26. The van der Waals surface area contributed by atoms with Crippen molar-refractivity contribution in [2.45, 2.75) is 39.7 Å². The van der Waals surface area contributed by atoms with E-state index in [9.17, 15) is 5.11 Å². The highest BCUT2D eigenvalue weighted by molar-refractivity contribution is 5.32. The number of aliphatic hydroxyl groups excluding tert-OH is 1. The second kappa shape index (κ2) is 5.85. The molecule has 100 valence electrons. The van der Waals surface area contributed by atoms with E-state index in [0.29, 0.717) is 0 Å². The fraction of sp³-hybridized carbons (Fsp3) is 0.625. The largest absolute Gasteiger partial charge is 0.387 e. The first-order valence-electron chi connectivity index (χ1n) is 7.07. The highest BCUT2D eigenvalue weighted by atomic mass is 16.3. The summed E-state index contributed by atoms with van der Waals surface area (Å²) in [7, 11) is 0. The van der Waals surface area contributed by atoms with Crippen LogP contribution in [0.1, 0.15) is 42.6 Å². The number of hydrogen-bond donors (Lipinski definition) is 1. The number of rotatable bonds is 4. The molecule has 0 saturated carbocycles. The number of aliphatic hydroxyl groups is 1. The molecule has 1 N–H and O–H groups in total. The molecule has 1 aliphatic rings. The van der Waals surface area contributed by atoms with Crippen LogP contribution >= 0.6 is 0 Å². The summed E-state index contributed by atoms with van der Waals surface area (Å²) < 4.78 is 0. The van der Waals surface area contributed by atoms with Crippen LogP contribution < -0.4 is 0 Å². The van der Waals surface area contributed by atoms with E-state index in [-0.39, 0.29) is 6.10 Å². The van der Waals surface area contributed by atoms with E-state index in [0.717, 1.165) is 31.1 Å². The number of nitrogens with zero attached hydrogens (tertiary/aromatic N) is 1. The summed E-state index contributed by atoms with van der Waals surface area (Å²) in [6.45, 7) is 9.51. The minimum absolute atomic E-state index is 0.346. The van der Waals surface area contributed by atoms with Crippen molar-refractivity contribution >= 4 is 0 Å². The zero-order chi connectivity index (χ0) is 13.1. The lowest BCUT2D eigenvalue weighted by molar-refractivity contribution is 0.123. The van der Waals surface area contributed by atoms with Crippen molar-refractivity contribution in [3.63, 3.8) is 0 Å². The number of hydrogen-bond acceptors (Lipinski definition) is 2. The van der Waals surface area contributed by atoms with E-state index in [4.69, 9.17) is 0 Å². The number of likely N-dealkylation sites (tertiary alicyclic amines) is 1. The first-order valence-corrected chi connectivity index (χ1v) is 7.07. The Hall–Kier alpha value is -0.860. The smallest absolute Gasteiger partial charge is 0.0919 e. The second-order valence-electron chi connectivity index (χ2n) is 5.70. The molecule has 2 heteroatoms. The van der Waals surface area contributed by atoms with Gasteiger partial charge in [0.05, 0.1) is 6.10 Å². The normalized spacial score (nSPS) is 22.3. The monoisotopic (exact) mass is 247 g/mol. The van der Waals surface area contributed by atoms with Crippen molar-refractivity contribution in [1.82, 2.24) is 4.90 Å². The summed E-state index contributed by atoms with van der Waals surface area (Å²) in [6.07, 6.45) is 2.20. The predicted molar refractivity (Wildman–Crippen MR) is 75.7 cm³/mol. The Balaban J connectivity index is 1.97. The van der Waals surface area contributed by atoms with E-state index >= 15 is 0 Å². The van der Waals surface area contributed by atoms with Gasteiger partial charge in [-0.3, -0.25) is 0 Å². The van der Waals surface area contributed by atoms with Gasteiger partial charge in [0.1, 0.15) is 0 Å².